The Hall–Kier alpha value is -3.29. The molecule has 1 N–H and O–H groups in total. The van der Waals surface area contributed by atoms with Crippen molar-refractivity contribution in [3.63, 3.8) is 0 Å². The van der Waals surface area contributed by atoms with E-state index < -0.39 is 5.91 Å². The van der Waals surface area contributed by atoms with Crippen molar-refractivity contribution < 1.29 is 23.5 Å². The summed E-state index contributed by atoms with van der Waals surface area (Å²) >= 11 is 0. The molecule has 1 aromatic carbocycles. The highest BCUT2D eigenvalue weighted by Crippen LogP contribution is 2.13. The van der Waals surface area contributed by atoms with Crippen molar-refractivity contribution in [1.82, 2.24) is 15.3 Å². The number of carbonyl (C=O) groups excluding carboxylic acids is 3. The molecule has 1 aliphatic rings. The lowest BCUT2D eigenvalue weighted by atomic mass is 10.3. The average Bonchev–Trinajstić information content (AvgIpc) is 3.36. The molecule has 0 saturated carbocycles. The Balaban J connectivity index is 1.51. The molecule has 26 heavy (non-hydrogen) atoms. The lowest BCUT2D eigenvalue weighted by molar-refractivity contribution is -0.158. The van der Waals surface area contributed by atoms with E-state index in [0.717, 1.165) is 0 Å². The number of amides is 3. The summed E-state index contributed by atoms with van der Waals surface area (Å²) in [6.07, 6.45) is 2.05. The van der Waals surface area contributed by atoms with E-state index in [9.17, 15) is 14.4 Å². The lowest BCUT2D eigenvalue weighted by Crippen LogP contribution is -2.49. The largest absolute Gasteiger partial charge is 0.484 e. The molecule has 2 heterocycles. The number of ether oxygens (including phenoxy) is 1. The van der Waals surface area contributed by atoms with E-state index in [-0.39, 0.29) is 30.7 Å². The number of para-hydroxylation sites is 1. The molecule has 0 bridgehead atoms. The topological polar surface area (TPSA) is 92.1 Å². The van der Waals surface area contributed by atoms with E-state index in [0.29, 0.717) is 25.3 Å². The maximum absolute atomic E-state index is 12.4. The van der Waals surface area contributed by atoms with Crippen LogP contribution in [0.1, 0.15) is 17.0 Å². The predicted molar refractivity (Wildman–Crippen MR) is 91.0 cm³/mol. The van der Waals surface area contributed by atoms with Gasteiger partial charge in [0.05, 0.1) is 12.8 Å². The predicted octanol–water partition coefficient (Wildman–Crippen LogP) is 1.06. The minimum Gasteiger partial charge on any atom is -0.484 e. The van der Waals surface area contributed by atoms with E-state index in [1.165, 1.54) is 22.3 Å². The summed E-state index contributed by atoms with van der Waals surface area (Å²) in [5.41, 5.74) is 0. The van der Waals surface area contributed by atoms with Crippen molar-refractivity contribution in [2.75, 3.05) is 26.2 Å². The van der Waals surface area contributed by atoms with Crippen molar-refractivity contribution in [2.24, 2.45) is 0 Å². The first kappa shape index (κ1) is 17.5. The van der Waals surface area contributed by atoms with Crippen LogP contribution >= 0.6 is 0 Å². The first-order valence-electron chi connectivity index (χ1n) is 8.25. The van der Waals surface area contributed by atoms with Gasteiger partial charge in [0.25, 0.3) is 17.7 Å². The van der Waals surface area contributed by atoms with Crippen LogP contribution in [0.25, 0.3) is 0 Å². The van der Waals surface area contributed by atoms with Gasteiger partial charge in [-0.05, 0) is 30.7 Å². The molecule has 8 nitrogen and oxygen atoms in total. The van der Waals surface area contributed by atoms with E-state index in [1.54, 1.807) is 18.2 Å². The second-order valence-electron chi connectivity index (χ2n) is 5.65. The zero-order chi connectivity index (χ0) is 18.4. The SMILES string of the molecule is O=C(NCC(=O)N1CCCN1C(=O)COc1ccccc1)c1ccco1. The van der Waals surface area contributed by atoms with Gasteiger partial charge >= 0.3 is 0 Å². The Kier molecular flexibility index (Phi) is 5.52. The first-order valence-corrected chi connectivity index (χ1v) is 8.25. The Morgan fingerprint density at radius 1 is 1.00 bits per heavy atom. The molecule has 2 aromatic rings. The van der Waals surface area contributed by atoms with Gasteiger partial charge in [0.1, 0.15) is 5.75 Å². The fraction of sp³-hybridized carbons (Fsp3) is 0.278. The molecule has 0 atom stereocenters. The molecule has 3 rings (SSSR count). The fourth-order valence-corrected chi connectivity index (χ4v) is 2.61. The van der Waals surface area contributed by atoms with E-state index in [1.807, 2.05) is 18.2 Å². The molecule has 0 aliphatic carbocycles. The summed E-state index contributed by atoms with van der Waals surface area (Å²) in [4.78, 5) is 36.5. The molecular weight excluding hydrogens is 338 g/mol. The van der Waals surface area contributed by atoms with E-state index in [2.05, 4.69) is 5.32 Å². The van der Waals surface area contributed by atoms with Gasteiger partial charge in [-0.1, -0.05) is 18.2 Å². The molecule has 0 radical (unpaired) electrons. The zero-order valence-corrected chi connectivity index (χ0v) is 14.1. The molecular formula is C18H19N3O5. The van der Waals surface area contributed by atoms with Crippen LogP contribution in [0, 0.1) is 0 Å². The van der Waals surface area contributed by atoms with Gasteiger partial charge in [-0.2, -0.15) is 0 Å². The van der Waals surface area contributed by atoms with Crippen LogP contribution in [0.4, 0.5) is 0 Å². The molecule has 1 fully saturated rings. The molecule has 136 valence electrons. The Morgan fingerprint density at radius 3 is 2.42 bits per heavy atom. The lowest BCUT2D eigenvalue weighted by Gasteiger charge is -2.27. The van der Waals surface area contributed by atoms with Crippen molar-refractivity contribution in [3.05, 3.63) is 54.5 Å². The van der Waals surface area contributed by atoms with Crippen LogP contribution < -0.4 is 10.1 Å². The van der Waals surface area contributed by atoms with Gasteiger partial charge in [0, 0.05) is 13.1 Å². The quantitative estimate of drug-likeness (QED) is 0.835. The molecule has 1 aromatic heterocycles. The highest BCUT2D eigenvalue weighted by molar-refractivity contribution is 5.94. The highest BCUT2D eigenvalue weighted by atomic mass is 16.5. The molecule has 0 unspecified atom stereocenters. The third kappa shape index (κ3) is 4.21. The molecule has 1 saturated heterocycles. The van der Waals surface area contributed by atoms with Crippen LogP contribution in [0.15, 0.2) is 53.1 Å². The summed E-state index contributed by atoms with van der Waals surface area (Å²) in [5.74, 6) is -0.438. The van der Waals surface area contributed by atoms with E-state index in [4.69, 9.17) is 9.15 Å². The Bertz CT molecular complexity index is 760. The minimum absolute atomic E-state index is 0.128. The molecule has 8 heteroatoms. The summed E-state index contributed by atoms with van der Waals surface area (Å²) in [7, 11) is 0. The van der Waals surface area contributed by atoms with Crippen molar-refractivity contribution in [2.45, 2.75) is 6.42 Å². The van der Waals surface area contributed by atoms with Crippen molar-refractivity contribution in [1.29, 1.82) is 0 Å². The molecule has 1 aliphatic heterocycles. The van der Waals surface area contributed by atoms with Crippen LogP contribution in [0.5, 0.6) is 5.75 Å². The maximum Gasteiger partial charge on any atom is 0.287 e. The van der Waals surface area contributed by atoms with Crippen LogP contribution in [-0.2, 0) is 9.59 Å². The number of hydrazine groups is 1. The van der Waals surface area contributed by atoms with Gasteiger partial charge in [-0.25, -0.2) is 10.0 Å². The second kappa shape index (κ2) is 8.19. The molecule has 0 spiro atoms. The summed E-state index contributed by atoms with van der Waals surface area (Å²) < 4.78 is 10.4. The Morgan fingerprint density at radius 2 is 1.73 bits per heavy atom. The summed E-state index contributed by atoms with van der Waals surface area (Å²) in [6.45, 7) is 0.483. The summed E-state index contributed by atoms with van der Waals surface area (Å²) in [6, 6.07) is 12.1. The van der Waals surface area contributed by atoms with E-state index >= 15 is 0 Å². The number of nitrogens with zero attached hydrogens (tertiary/aromatic N) is 2. The van der Waals surface area contributed by atoms with Gasteiger partial charge in [0.2, 0.25) is 0 Å². The number of hydrogen-bond donors (Lipinski definition) is 1. The highest BCUT2D eigenvalue weighted by Gasteiger charge is 2.30. The monoisotopic (exact) mass is 357 g/mol. The standard InChI is InChI=1S/C18H19N3O5/c22-16(12-19-18(24)15-8-4-11-25-15)20-9-5-10-21(20)17(23)13-26-14-6-2-1-3-7-14/h1-4,6-8,11H,5,9-10,12-13H2,(H,19,24). The van der Waals surface area contributed by atoms with Crippen molar-refractivity contribution >= 4 is 17.7 Å². The van der Waals surface area contributed by atoms with Gasteiger partial charge in [0.15, 0.2) is 12.4 Å². The minimum atomic E-state index is -0.479. The van der Waals surface area contributed by atoms with Crippen LogP contribution in [-0.4, -0.2) is 54.0 Å². The smallest absolute Gasteiger partial charge is 0.287 e. The van der Waals surface area contributed by atoms with Crippen LogP contribution in [0.3, 0.4) is 0 Å². The molecule has 3 amide bonds. The van der Waals surface area contributed by atoms with Gasteiger partial charge < -0.3 is 14.5 Å². The van der Waals surface area contributed by atoms with Gasteiger partial charge in [-0.3, -0.25) is 14.4 Å². The van der Waals surface area contributed by atoms with Gasteiger partial charge in [-0.15, -0.1) is 0 Å². The zero-order valence-electron chi connectivity index (χ0n) is 14.1. The number of nitrogens with one attached hydrogen (secondary N) is 1. The number of rotatable bonds is 6. The summed E-state index contributed by atoms with van der Waals surface area (Å²) in [5, 5.41) is 5.20. The Labute approximate surface area is 150 Å². The first-order chi connectivity index (χ1) is 12.6. The van der Waals surface area contributed by atoms with Crippen molar-refractivity contribution in [3.8, 4) is 5.75 Å². The average molecular weight is 357 g/mol. The number of hydrogen-bond acceptors (Lipinski definition) is 5. The third-order valence-electron chi connectivity index (χ3n) is 3.86. The second-order valence-corrected chi connectivity index (χ2v) is 5.65. The number of furan rings is 1. The third-order valence-corrected chi connectivity index (χ3v) is 3.86. The number of carbonyl (C=O) groups is 3. The fourth-order valence-electron chi connectivity index (χ4n) is 2.61. The normalized spacial score (nSPS) is 13.5. The van der Waals surface area contributed by atoms with Crippen LogP contribution in [0.2, 0.25) is 0 Å². The number of benzene rings is 1. The maximum atomic E-state index is 12.4.